The molecule has 2 fully saturated rings. The van der Waals surface area contributed by atoms with Crippen LogP contribution in [0.25, 0.3) is 0 Å². The van der Waals surface area contributed by atoms with Gasteiger partial charge in [-0.2, -0.15) is 0 Å². The van der Waals surface area contributed by atoms with E-state index in [1.165, 1.54) is 9.80 Å². The maximum Gasteiger partial charge on any atom is 0.413 e. The fourth-order valence-corrected chi connectivity index (χ4v) is 2.55. The molecule has 6 heteroatoms. The molecule has 2 aliphatic heterocycles. The molecule has 2 saturated heterocycles. The van der Waals surface area contributed by atoms with Gasteiger partial charge in [0.15, 0.2) is 0 Å². The minimum absolute atomic E-state index is 0.169. The molecule has 1 spiro atoms. The van der Waals surface area contributed by atoms with Crippen LogP contribution >= 0.6 is 0 Å². The number of likely N-dealkylation sites (N-methyl/N-ethyl adjacent to an activating group) is 1. The highest BCUT2D eigenvalue weighted by atomic mass is 16.8. The summed E-state index contributed by atoms with van der Waals surface area (Å²) >= 11 is 0. The fraction of sp³-hybridized carbons (Fsp3) is 0.429. The standard InChI is InChI=1S/C14H16N2O4/c1-10-12(17)16(8-11-6-4-3-5-7-11)14(19-10)9-15(2)13(18)20-14/h3-7,10H,8-9H2,1-2H3. The van der Waals surface area contributed by atoms with Crippen molar-refractivity contribution < 1.29 is 19.1 Å². The summed E-state index contributed by atoms with van der Waals surface area (Å²) in [7, 11) is 1.62. The van der Waals surface area contributed by atoms with E-state index in [4.69, 9.17) is 9.47 Å². The molecule has 2 aliphatic rings. The summed E-state index contributed by atoms with van der Waals surface area (Å²) in [4.78, 5) is 26.8. The largest absolute Gasteiger partial charge is 0.413 e. The summed E-state index contributed by atoms with van der Waals surface area (Å²) in [6.45, 7) is 2.24. The van der Waals surface area contributed by atoms with Crippen molar-refractivity contribution in [1.82, 2.24) is 9.80 Å². The van der Waals surface area contributed by atoms with Gasteiger partial charge in [0.05, 0.1) is 6.54 Å². The van der Waals surface area contributed by atoms with Gasteiger partial charge in [-0.1, -0.05) is 30.3 Å². The third kappa shape index (κ3) is 1.92. The van der Waals surface area contributed by atoms with Crippen molar-refractivity contribution >= 4 is 12.0 Å². The van der Waals surface area contributed by atoms with Crippen LogP contribution in [0.2, 0.25) is 0 Å². The summed E-state index contributed by atoms with van der Waals surface area (Å²) in [5.74, 6) is -1.46. The second-order valence-electron chi connectivity index (χ2n) is 5.11. The SMILES string of the molecule is CC1OC2(CN(C)C(=O)O2)N(Cc2ccccc2)C1=O. The molecule has 3 rings (SSSR count). The Kier molecular flexibility index (Phi) is 2.90. The lowest BCUT2D eigenvalue weighted by atomic mass is 10.2. The average molecular weight is 276 g/mol. The van der Waals surface area contributed by atoms with Crippen molar-refractivity contribution in [3.05, 3.63) is 35.9 Å². The van der Waals surface area contributed by atoms with Crippen LogP contribution in [0.15, 0.2) is 30.3 Å². The van der Waals surface area contributed by atoms with E-state index >= 15 is 0 Å². The van der Waals surface area contributed by atoms with Crippen LogP contribution in [-0.4, -0.2) is 47.4 Å². The fourth-order valence-electron chi connectivity index (χ4n) is 2.55. The average Bonchev–Trinajstić information content (AvgIpc) is 2.82. The van der Waals surface area contributed by atoms with Crippen LogP contribution in [0.4, 0.5) is 4.79 Å². The van der Waals surface area contributed by atoms with Gasteiger partial charge < -0.3 is 14.4 Å². The lowest BCUT2D eigenvalue weighted by Gasteiger charge is -2.30. The molecule has 0 radical (unpaired) electrons. The predicted molar refractivity (Wildman–Crippen MR) is 69.4 cm³/mol. The predicted octanol–water partition coefficient (Wildman–Crippen LogP) is 1.17. The molecule has 2 atom stereocenters. The Balaban J connectivity index is 1.90. The van der Waals surface area contributed by atoms with E-state index in [1.54, 1.807) is 14.0 Å². The smallest absolute Gasteiger partial charge is 0.395 e. The van der Waals surface area contributed by atoms with Crippen molar-refractivity contribution in [2.45, 2.75) is 25.5 Å². The zero-order valence-corrected chi connectivity index (χ0v) is 11.4. The molecule has 0 bridgehead atoms. The van der Waals surface area contributed by atoms with Gasteiger partial charge in [-0.25, -0.2) is 4.79 Å². The molecule has 1 aromatic rings. The number of carbonyl (C=O) groups is 2. The third-order valence-electron chi connectivity index (χ3n) is 3.56. The Morgan fingerprint density at radius 3 is 2.60 bits per heavy atom. The molecule has 0 N–H and O–H groups in total. The highest BCUT2D eigenvalue weighted by Crippen LogP contribution is 2.36. The molecular weight excluding hydrogens is 260 g/mol. The number of carbonyl (C=O) groups excluding carboxylic acids is 2. The maximum absolute atomic E-state index is 12.3. The molecule has 2 amide bonds. The molecule has 2 heterocycles. The molecule has 106 valence electrons. The van der Waals surface area contributed by atoms with Crippen LogP contribution in [0.5, 0.6) is 0 Å². The Bertz CT molecular complexity index is 543. The first-order valence-electron chi connectivity index (χ1n) is 6.49. The highest BCUT2D eigenvalue weighted by Gasteiger charge is 2.58. The quantitative estimate of drug-likeness (QED) is 0.813. The van der Waals surface area contributed by atoms with Crippen LogP contribution < -0.4 is 0 Å². The van der Waals surface area contributed by atoms with Gasteiger partial charge in [-0.15, -0.1) is 0 Å². The zero-order valence-electron chi connectivity index (χ0n) is 11.4. The first-order valence-corrected chi connectivity index (χ1v) is 6.49. The normalized spacial score (nSPS) is 29.4. The molecule has 0 saturated carbocycles. The molecule has 0 aliphatic carbocycles. The second-order valence-corrected chi connectivity index (χ2v) is 5.11. The van der Waals surface area contributed by atoms with Gasteiger partial charge in [0, 0.05) is 7.05 Å². The minimum atomic E-state index is -1.29. The van der Waals surface area contributed by atoms with E-state index in [0.717, 1.165) is 5.56 Å². The number of benzene rings is 1. The number of hydrogen-bond donors (Lipinski definition) is 0. The summed E-state index contributed by atoms with van der Waals surface area (Å²) < 4.78 is 11.0. The minimum Gasteiger partial charge on any atom is -0.395 e. The van der Waals surface area contributed by atoms with Gasteiger partial charge in [0.1, 0.15) is 12.6 Å². The van der Waals surface area contributed by atoms with Crippen LogP contribution in [-0.2, 0) is 20.8 Å². The maximum atomic E-state index is 12.3. The van der Waals surface area contributed by atoms with E-state index in [1.807, 2.05) is 30.3 Å². The number of ether oxygens (including phenoxy) is 2. The van der Waals surface area contributed by atoms with Gasteiger partial charge >= 0.3 is 12.0 Å². The molecule has 20 heavy (non-hydrogen) atoms. The van der Waals surface area contributed by atoms with Gasteiger partial charge in [-0.3, -0.25) is 9.69 Å². The van der Waals surface area contributed by atoms with E-state index < -0.39 is 18.1 Å². The monoisotopic (exact) mass is 276 g/mol. The first-order chi connectivity index (χ1) is 9.52. The van der Waals surface area contributed by atoms with E-state index in [-0.39, 0.29) is 12.5 Å². The number of nitrogens with zero attached hydrogens (tertiary/aromatic N) is 2. The lowest BCUT2D eigenvalue weighted by Crippen LogP contribution is -2.49. The number of rotatable bonds is 2. The van der Waals surface area contributed by atoms with Crippen molar-refractivity contribution in [3.8, 4) is 0 Å². The van der Waals surface area contributed by atoms with Gasteiger partial charge in [0.25, 0.3) is 5.91 Å². The van der Waals surface area contributed by atoms with Crippen molar-refractivity contribution in [2.24, 2.45) is 0 Å². The van der Waals surface area contributed by atoms with Crippen molar-refractivity contribution in [1.29, 1.82) is 0 Å². The molecule has 2 unspecified atom stereocenters. The van der Waals surface area contributed by atoms with Crippen molar-refractivity contribution in [2.75, 3.05) is 13.6 Å². The van der Waals surface area contributed by atoms with Crippen LogP contribution in [0, 0.1) is 0 Å². The van der Waals surface area contributed by atoms with Crippen LogP contribution in [0.3, 0.4) is 0 Å². The van der Waals surface area contributed by atoms with Crippen LogP contribution in [0.1, 0.15) is 12.5 Å². The van der Waals surface area contributed by atoms with Gasteiger partial charge in [0.2, 0.25) is 0 Å². The Morgan fingerprint density at radius 2 is 2.00 bits per heavy atom. The number of hydrogen-bond acceptors (Lipinski definition) is 4. The Labute approximate surface area is 116 Å². The zero-order chi connectivity index (χ0) is 14.3. The Morgan fingerprint density at radius 1 is 1.30 bits per heavy atom. The topological polar surface area (TPSA) is 59.1 Å². The molecular formula is C14H16N2O4. The second kappa shape index (κ2) is 4.49. The van der Waals surface area contributed by atoms with E-state index in [0.29, 0.717) is 6.54 Å². The summed E-state index contributed by atoms with van der Waals surface area (Å²) in [6, 6.07) is 9.56. The first kappa shape index (κ1) is 12.9. The molecule has 0 aromatic heterocycles. The lowest BCUT2D eigenvalue weighted by molar-refractivity contribution is -0.230. The molecule has 1 aromatic carbocycles. The summed E-state index contributed by atoms with van der Waals surface area (Å²) in [5, 5.41) is 0. The van der Waals surface area contributed by atoms with E-state index in [9.17, 15) is 9.59 Å². The van der Waals surface area contributed by atoms with Crippen molar-refractivity contribution in [3.63, 3.8) is 0 Å². The number of amides is 2. The summed E-state index contributed by atoms with van der Waals surface area (Å²) in [6.07, 6.45) is -1.09. The Hall–Kier alpha value is -2.08. The van der Waals surface area contributed by atoms with Gasteiger partial charge in [-0.05, 0) is 12.5 Å². The molecule has 6 nitrogen and oxygen atoms in total. The third-order valence-corrected chi connectivity index (χ3v) is 3.56. The van der Waals surface area contributed by atoms with E-state index in [2.05, 4.69) is 0 Å². The summed E-state index contributed by atoms with van der Waals surface area (Å²) in [5.41, 5.74) is 0.962. The highest BCUT2D eigenvalue weighted by molar-refractivity contribution is 5.84.